The lowest BCUT2D eigenvalue weighted by atomic mass is 9.82. The van der Waals surface area contributed by atoms with Crippen LogP contribution in [0.1, 0.15) is 37.9 Å². The summed E-state index contributed by atoms with van der Waals surface area (Å²) in [5.74, 6) is 0.898. The number of benzene rings is 2. The quantitative estimate of drug-likeness (QED) is 0.874. The number of rotatable bonds is 1. The van der Waals surface area contributed by atoms with Gasteiger partial charge < -0.3 is 9.84 Å². The van der Waals surface area contributed by atoms with Crippen molar-refractivity contribution in [3.8, 4) is 5.75 Å². The van der Waals surface area contributed by atoms with E-state index >= 15 is 0 Å². The maximum Gasteiger partial charge on any atom is 0.133 e. The molecule has 0 bridgehead atoms. The molecule has 3 nitrogen and oxygen atoms in total. The van der Waals surface area contributed by atoms with Crippen molar-refractivity contribution in [2.75, 3.05) is 19.6 Å². The Bertz CT molecular complexity index is 699. The molecule has 2 heterocycles. The van der Waals surface area contributed by atoms with Gasteiger partial charge in [-0.3, -0.25) is 4.90 Å². The molecule has 1 spiro atoms. The number of likely N-dealkylation sites (N-methyl/N-ethyl adjacent to an activating group) is 1. The smallest absolute Gasteiger partial charge is 0.133 e. The Labute approximate surface area is 131 Å². The molecule has 2 aromatic rings. The van der Waals surface area contributed by atoms with Crippen LogP contribution in [0.25, 0.3) is 10.8 Å². The van der Waals surface area contributed by atoms with Crippen LogP contribution >= 0.6 is 0 Å². The second-order valence-corrected chi connectivity index (χ2v) is 6.68. The van der Waals surface area contributed by atoms with Gasteiger partial charge in [0.1, 0.15) is 11.4 Å². The number of hydrogen-bond acceptors (Lipinski definition) is 3. The summed E-state index contributed by atoms with van der Waals surface area (Å²) in [4.78, 5) is 2.44. The minimum Gasteiger partial charge on any atom is -0.485 e. The lowest BCUT2D eigenvalue weighted by Gasteiger charge is -2.46. The Balaban J connectivity index is 1.79. The number of nitrogens with zero attached hydrogens (tertiary/aromatic N) is 1. The van der Waals surface area contributed by atoms with Crippen molar-refractivity contribution in [2.45, 2.75) is 37.9 Å². The third kappa shape index (κ3) is 2.20. The van der Waals surface area contributed by atoms with Gasteiger partial charge in [-0.25, -0.2) is 0 Å². The molecular formula is C19H23NO2. The zero-order chi connectivity index (χ0) is 15.2. The number of ether oxygens (including phenoxy) is 1. The Morgan fingerprint density at radius 1 is 1.27 bits per heavy atom. The van der Waals surface area contributed by atoms with Gasteiger partial charge in [-0.05, 0) is 31.3 Å². The fraction of sp³-hybridized carbons (Fsp3) is 0.474. The van der Waals surface area contributed by atoms with Gasteiger partial charge in [-0.15, -0.1) is 0 Å². The van der Waals surface area contributed by atoms with Crippen LogP contribution in [0.2, 0.25) is 0 Å². The van der Waals surface area contributed by atoms with Crippen molar-refractivity contribution < 1.29 is 9.84 Å². The van der Waals surface area contributed by atoms with E-state index in [1.54, 1.807) is 0 Å². The summed E-state index contributed by atoms with van der Waals surface area (Å²) < 4.78 is 6.57. The van der Waals surface area contributed by atoms with Crippen LogP contribution in [-0.2, 0) is 0 Å². The van der Waals surface area contributed by atoms with E-state index in [2.05, 4.69) is 30.0 Å². The topological polar surface area (TPSA) is 32.7 Å². The van der Waals surface area contributed by atoms with E-state index in [0.717, 1.165) is 49.2 Å². The first-order valence-corrected chi connectivity index (χ1v) is 8.32. The molecule has 2 aliphatic rings. The highest BCUT2D eigenvalue weighted by atomic mass is 16.5. The molecule has 2 atom stereocenters. The predicted molar refractivity (Wildman–Crippen MR) is 88.2 cm³/mol. The molecule has 2 aromatic carbocycles. The Hall–Kier alpha value is -1.58. The second kappa shape index (κ2) is 5.25. The van der Waals surface area contributed by atoms with Crippen LogP contribution in [0.4, 0.5) is 0 Å². The Morgan fingerprint density at radius 3 is 3.00 bits per heavy atom. The van der Waals surface area contributed by atoms with Crippen LogP contribution in [0.15, 0.2) is 36.4 Å². The number of piperidine rings is 1. The van der Waals surface area contributed by atoms with Crippen LogP contribution in [0.5, 0.6) is 5.75 Å². The highest BCUT2D eigenvalue weighted by Crippen LogP contribution is 2.46. The number of aliphatic hydroxyl groups excluding tert-OH is 1. The third-order valence-corrected chi connectivity index (χ3v) is 5.22. The number of aliphatic hydroxyl groups is 1. The zero-order valence-electron chi connectivity index (χ0n) is 13.1. The minimum atomic E-state index is -0.426. The molecule has 1 fully saturated rings. The molecule has 0 radical (unpaired) electrons. The third-order valence-electron chi connectivity index (χ3n) is 5.22. The van der Waals surface area contributed by atoms with Crippen molar-refractivity contribution in [1.29, 1.82) is 0 Å². The fourth-order valence-corrected chi connectivity index (χ4v) is 4.07. The summed E-state index contributed by atoms with van der Waals surface area (Å²) in [7, 11) is 0. The first kappa shape index (κ1) is 14.0. The van der Waals surface area contributed by atoms with Gasteiger partial charge in [0, 0.05) is 23.9 Å². The highest BCUT2D eigenvalue weighted by molar-refractivity contribution is 5.90. The lowest BCUT2D eigenvalue weighted by Crippen LogP contribution is -2.54. The van der Waals surface area contributed by atoms with Gasteiger partial charge in [0.15, 0.2) is 0 Å². The van der Waals surface area contributed by atoms with E-state index in [-0.39, 0.29) is 5.60 Å². The van der Waals surface area contributed by atoms with E-state index in [1.807, 2.05) is 18.2 Å². The van der Waals surface area contributed by atoms with Crippen molar-refractivity contribution >= 4 is 10.8 Å². The average molecular weight is 297 g/mol. The SMILES string of the molecule is CCN1CCC[C@]2(CC(O)c3ccc4ccccc4c3O2)C1. The van der Waals surface area contributed by atoms with Crippen molar-refractivity contribution in [3.05, 3.63) is 42.0 Å². The summed E-state index contributed by atoms with van der Waals surface area (Å²) in [6.45, 7) is 5.30. The molecule has 0 amide bonds. The summed E-state index contributed by atoms with van der Waals surface area (Å²) >= 11 is 0. The fourth-order valence-electron chi connectivity index (χ4n) is 4.07. The van der Waals surface area contributed by atoms with Gasteiger partial charge in [0.25, 0.3) is 0 Å². The molecule has 3 heteroatoms. The highest BCUT2D eigenvalue weighted by Gasteiger charge is 2.43. The van der Waals surface area contributed by atoms with Crippen molar-refractivity contribution in [3.63, 3.8) is 0 Å². The Morgan fingerprint density at radius 2 is 2.14 bits per heavy atom. The number of hydrogen-bond donors (Lipinski definition) is 1. The molecule has 0 aliphatic carbocycles. The van der Waals surface area contributed by atoms with E-state index in [1.165, 1.54) is 5.39 Å². The normalized spacial score (nSPS) is 28.5. The van der Waals surface area contributed by atoms with E-state index in [9.17, 15) is 5.11 Å². The predicted octanol–water partition coefficient (Wildman–Crippen LogP) is 3.51. The molecule has 0 aromatic heterocycles. The average Bonchev–Trinajstić information content (AvgIpc) is 2.54. The van der Waals surface area contributed by atoms with E-state index < -0.39 is 6.10 Å². The Kier molecular flexibility index (Phi) is 3.35. The molecule has 0 saturated carbocycles. The molecule has 2 aliphatic heterocycles. The lowest BCUT2D eigenvalue weighted by molar-refractivity contribution is -0.0585. The molecular weight excluding hydrogens is 274 g/mol. The van der Waals surface area contributed by atoms with Gasteiger partial charge in [0.2, 0.25) is 0 Å². The van der Waals surface area contributed by atoms with E-state index in [0.29, 0.717) is 6.42 Å². The standard InChI is InChI=1S/C19H23NO2/c1-2-20-11-5-10-19(13-20)12-17(21)16-9-8-14-6-3-4-7-15(14)18(16)22-19/h3-4,6-9,17,21H,2,5,10-13H2,1H3/t17?,19-/m0/s1. The summed E-state index contributed by atoms with van der Waals surface area (Å²) in [6.07, 6.45) is 2.45. The molecule has 1 N–H and O–H groups in total. The van der Waals surface area contributed by atoms with Crippen LogP contribution in [-0.4, -0.2) is 35.2 Å². The number of likely N-dealkylation sites (tertiary alicyclic amines) is 1. The second-order valence-electron chi connectivity index (χ2n) is 6.68. The van der Waals surface area contributed by atoms with Crippen LogP contribution < -0.4 is 4.74 Å². The maximum absolute atomic E-state index is 10.7. The summed E-state index contributed by atoms with van der Waals surface area (Å²) in [6, 6.07) is 12.4. The monoisotopic (exact) mass is 297 g/mol. The molecule has 1 unspecified atom stereocenters. The van der Waals surface area contributed by atoms with Crippen LogP contribution in [0, 0.1) is 0 Å². The van der Waals surface area contributed by atoms with Crippen molar-refractivity contribution in [1.82, 2.24) is 4.90 Å². The van der Waals surface area contributed by atoms with Gasteiger partial charge in [-0.2, -0.15) is 0 Å². The van der Waals surface area contributed by atoms with Crippen LogP contribution in [0.3, 0.4) is 0 Å². The zero-order valence-corrected chi connectivity index (χ0v) is 13.1. The molecule has 1 saturated heterocycles. The summed E-state index contributed by atoms with van der Waals surface area (Å²) in [5, 5.41) is 13.0. The first-order valence-electron chi connectivity index (χ1n) is 8.32. The molecule has 4 rings (SSSR count). The van der Waals surface area contributed by atoms with Gasteiger partial charge in [-0.1, -0.05) is 43.3 Å². The minimum absolute atomic E-state index is 0.231. The molecule has 22 heavy (non-hydrogen) atoms. The summed E-state index contributed by atoms with van der Waals surface area (Å²) in [5.41, 5.74) is 0.711. The van der Waals surface area contributed by atoms with Gasteiger partial charge >= 0.3 is 0 Å². The largest absolute Gasteiger partial charge is 0.485 e. The maximum atomic E-state index is 10.7. The van der Waals surface area contributed by atoms with Crippen molar-refractivity contribution in [2.24, 2.45) is 0 Å². The van der Waals surface area contributed by atoms with E-state index in [4.69, 9.17) is 4.74 Å². The molecule has 116 valence electrons. The first-order chi connectivity index (χ1) is 10.7. The number of fused-ring (bicyclic) bond motifs is 3. The van der Waals surface area contributed by atoms with Gasteiger partial charge in [0.05, 0.1) is 6.10 Å².